The third-order valence-electron chi connectivity index (χ3n) is 6.21. The van der Waals surface area contributed by atoms with Crippen molar-refractivity contribution in [3.05, 3.63) is 94.2 Å². The van der Waals surface area contributed by atoms with Crippen LogP contribution in [0.15, 0.2) is 78.0 Å². The molecular formula is C26H21ClN8O4. The summed E-state index contributed by atoms with van der Waals surface area (Å²) in [6.45, 7) is -0.0662. The van der Waals surface area contributed by atoms with Crippen molar-refractivity contribution in [2.45, 2.75) is 12.5 Å². The molecule has 2 aliphatic heterocycles. The number of nitrogens with one attached hydrogen (secondary N) is 1. The summed E-state index contributed by atoms with van der Waals surface area (Å²) in [7, 11) is 0. The van der Waals surface area contributed by atoms with Gasteiger partial charge in [0.25, 0.3) is 5.91 Å². The van der Waals surface area contributed by atoms with E-state index in [1.54, 1.807) is 36.4 Å². The van der Waals surface area contributed by atoms with Gasteiger partial charge in [-0.2, -0.15) is 4.68 Å². The van der Waals surface area contributed by atoms with Crippen LogP contribution in [0.2, 0.25) is 5.02 Å². The van der Waals surface area contributed by atoms with Crippen molar-refractivity contribution in [2.24, 2.45) is 4.99 Å². The third kappa shape index (κ3) is 5.40. The minimum absolute atomic E-state index is 0.0224. The van der Waals surface area contributed by atoms with Crippen LogP contribution < -0.4 is 21.0 Å². The first-order chi connectivity index (χ1) is 19.0. The first-order valence-corrected chi connectivity index (χ1v) is 12.3. The number of hydroxylamine groups is 3. The summed E-state index contributed by atoms with van der Waals surface area (Å²) in [5.74, 6) is -0.615. The van der Waals surface area contributed by atoms with Crippen LogP contribution in [-0.4, -0.2) is 56.6 Å². The van der Waals surface area contributed by atoms with Gasteiger partial charge in [-0.25, -0.2) is 10.1 Å². The van der Waals surface area contributed by atoms with E-state index in [-0.39, 0.29) is 25.3 Å². The molecule has 0 spiro atoms. The fourth-order valence-electron chi connectivity index (χ4n) is 4.33. The highest BCUT2D eigenvalue weighted by Gasteiger charge is 2.32. The van der Waals surface area contributed by atoms with Crippen molar-refractivity contribution in [2.75, 3.05) is 23.8 Å². The van der Waals surface area contributed by atoms with E-state index in [2.05, 4.69) is 25.8 Å². The summed E-state index contributed by atoms with van der Waals surface area (Å²) in [4.78, 5) is 41.1. The average Bonchev–Trinajstić information content (AvgIpc) is 3.61. The molecule has 1 N–H and O–H groups in total. The lowest BCUT2D eigenvalue weighted by molar-refractivity contribution is -0.279. The second-order valence-corrected chi connectivity index (χ2v) is 9.20. The molecule has 3 heterocycles. The molecule has 12 nitrogen and oxygen atoms in total. The Balaban J connectivity index is 1.22. The van der Waals surface area contributed by atoms with Gasteiger partial charge in [0.05, 0.1) is 16.7 Å². The van der Waals surface area contributed by atoms with E-state index >= 15 is 0 Å². The van der Waals surface area contributed by atoms with E-state index in [4.69, 9.17) is 21.3 Å². The van der Waals surface area contributed by atoms with Crippen molar-refractivity contribution in [3.63, 3.8) is 0 Å². The number of fused-ring (bicyclic) bond motifs is 1. The summed E-state index contributed by atoms with van der Waals surface area (Å²) < 4.78 is 1.49. The largest absolute Gasteiger partial charge is 0.325 e. The molecule has 0 radical (unpaired) electrons. The van der Waals surface area contributed by atoms with E-state index in [0.29, 0.717) is 39.1 Å². The topological polar surface area (TPSA) is 127 Å². The van der Waals surface area contributed by atoms with Crippen LogP contribution in [0.25, 0.3) is 11.8 Å². The Labute approximate surface area is 226 Å². The lowest BCUT2D eigenvalue weighted by atomic mass is 10.0. The van der Waals surface area contributed by atoms with Gasteiger partial charge in [-0.3, -0.25) is 19.3 Å². The fourth-order valence-corrected chi connectivity index (χ4v) is 4.50. The van der Waals surface area contributed by atoms with Crippen molar-refractivity contribution < 1.29 is 19.3 Å². The SMILES string of the molecule is O=C1C=c2cc(NC(=O)C(Cc3ccccc3)N3CON(c4cc(Cl)ccc4-n4cnnn4)CO3)ccc2=N1. The number of benzene rings is 3. The predicted molar refractivity (Wildman–Crippen MR) is 140 cm³/mol. The van der Waals surface area contributed by atoms with Gasteiger partial charge in [-0.1, -0.05) is 41.9 Å². The Morgan fingerprint density at radius 2 is 1.90 bits per heavy atom. The quantitative estimate of drug-likeness (QED) is 0.367. The van der Waals surface area contributed by atoms with Crippen LogP contribution in [0.1, 0.15) is 5.56 Å². The molecule has 39 heavy (non-hydrogen) atoms. The summed E-state index contributed by atoms with van der Waals surface area (Å²) in [6.07, 6.45) is 3.26. The molecule has 13 heteroatoms. The minimum Gasteiger partial charge on any atom is -0.325 e. The normalized spacial score (nSPS) is 15.8. The van der Waals surface area contributed by atoms with Crippen LogP contribution in [0, 0.1) is 0 Å². The first-order valence-electron chi connectivity index (χ1n) is 12.0. The van der Waals surface area contributed by atoms with Gasteiger partial charge >= 0.3 is 0 Å². The standard InChI is InChI=1S/C26H21ClN8O4/c27-19-6-9-22(33-14-28-31-32-33)23(13-19)34-15-39-35(16-38-34)24(10-17-4-2-1-3-5-17)26(37)29-20-7-8-21-18(11-20)12-25(36)30-21/h1-9,11-14,24H,10,15-16H2,(H,29,37). The minimum atomic E-state index is -0.726. The molecule has 0 bridgehead atoms. The van der Waals surface area contributed by atoms with Crippen molar-refractivity contribution >= 4 is 40.9 Å². The number of carbonyl (C=O) groups excluding carboxylic acids is 2. The second-order valence-electron chi connectivity index (χ2n) is 8.76. The smallest absolute Gasteiger partial charge is 0.270 e. The Hall–Kier alpha value is -4.49. The highest BCUT2D eigenvalue weighted by atomic mass is 35.5. The van der Waals surface area contributed by atoms with Crippen LogP contribution in [-0.2, 0) is 25.7 Å². The first kappa shape index (κ1) is 24.8. The van der Waals surface area contributed by atoms with Gasteiger partial charge in [0.2, 0.25) is 5.91 Å². The van der Waals surface area contributed by atoms with Gasteiger partial charge in [0.1, 0.15) is 12.4 Å². The monoisotopic (exact) mass is 544 g/mol. The van der Waals surface area contributed by atoms with Crippen molar-refractivity contribution in [3.8, 4) is 5.69 Å². The molecule has 2 amide bonds. The molecule has 3 aromatic carbocycles. The lowest BCUT2D eigenvalue weighted by Gasteiger charge is -2.38. The highest BCUT2D eigenvalue weighted by Crippen LogP contribution is 2.29. The Morgan fingerprint density at radius 1 is 1.03 bits per heavy atom. The summed E-state index contributed by atoms with van der Waals surface area (Å²) in [5.41, 5.74) is 2.72. The summed E-state index contributed by atoms with van der Waals surface area (Å²) in [5, 5.41) is 19.0. The van der Waals surface area contributed by atoms with Crippen LogP contribution >= 0.6 is 11.6 Å². The Bertz CT molecular complexity index is 1640. The maximum Gasteiger partial charge on any atom is 0.270 e. The van der Waals surface area contributed by atoms with E-state index in [0.717, 1.165) is 5.56 Å². The van der Waals surface area contributed by atoms with Gasteiger partial charge in [-0.05, 0) is 58.8 Å². The third-order valence-corrected chi connectivity index (χ3v) is 6.45. The number of tetrazole rings is 1. The van der Waals surface area contributed by atoms with Crippen molar-refractivity contribution in [1.82, 2.24) is 25.3 Å². The Kier molecular flexibility index (Phi) is 6.82. The fraction of sp³-hybridized carbons (Fsp3) is 0.154. The molecule has 1 fully saturated rings. The van der Waals surface area contributed by atoms with Gasteiger partial charge in [0.15, 0.2) is 13.5 Å². The van der Waals surface area contributed by atoms with Gasteiger partial charge in [-0.15, -0.1) is 10.2 Å². The molecule has 4 aromatic rings. The number of carbonyl (C=O) groups is 2. The molecular weight excluding hydrogens is 524 g/mol. The highest BCUT2D eigenvalue weighted by molar-refractivity contribution is 6.31. The molecule has 6 rings (SSSR count). The number of amides is 2. The molecule has 1 aromatic heterocycles. The number of rotatable bonds is 7. The zero-order valence-corrected chi connectivity index (χ0v) is 21.1. The average molecular weight is 545 g/mol. The number of nitrogens with zero attached hydrogens (tertiary/aromatic N) is 7. The maximum atomic E-state index is 13.5. The number of anilines is 2. The predicted octanol–water partition coefficient (Wildman–Crippen LogP) is 1.41. The number of aromatic nitrogens is 4. The van der Waals surface area contributed by atoms with Crippen LogP contribution in [0.3, 0.4) is 0 Å². The van der Waals surface area contributed by atoms with E-state index in [1.807, 2.05) is 30.3 Å². The van der Waals surface area contributed by atoms with Crippen LogP contribution in [0.4, 0.5) is 11.4 Å². The zero-order chi connectivity index (χ0) is 26.8. The maximum absolute atomic E-state index is 13.5. The lowest BCUT2D eigenvalue weighted by Crippen LogP contribution is -2.52. The summed E-state index contributed by atoms with van der Waals surface area (Å²) >= 11 is 6.25. The number of hydrogen-bond acceptors (Lipinski definition) is 9. The van der Waals surface area contributed by atoms with Gasteiger partial charge in [0, 0.05) is 22.0 Å². The molecule has 1 unspecified atom stereocenters. The number of halogens is 1. The molecule has 0 saturated carbocycles. The molecule has 2 aliphatic rings. The van der Waals surface area contributed by atoms with E-state index in [1.165, 1.54) is 27.2 Å². The molecule has 1 atom stereocenters. The second kappa shape index (κ2) is 10.7. The zero-order valence-electron chi connectivity index (χ0n) is 20.3. The summed E-state index contributed by atoms with van der Waals surface area (Å²) in [6, 6.07) is 19.2. The van der Waals surface area contributed by atoms with E-state index in [9.17, 15) is 9.59 Å². The molecule has 0 aliphatic carbocycles. The van der Waals surface area contributed by atoms with Gasteiger partial charge < -0.3 is 5.32 Å². The Morgan fingerprint density at radius 3 is 2.67 bits per heavy atom. The molecule has 1 saturated heterocycles. The van der Waals surface area contributed by atoms with Crippen LogP contribution in [0.5, 0.6) is 0 Å². The van der Waals surface area contributed by atoms with Crippen molar-refractivity contribution in [1.29, 1.82) is 0 Å². The molecule has 196 valence electrons. The number of hydrogen-bond donors (Lipinski definition) is 1. The van der Waals surface area contributed by atoms with E-state index < -0.39 is 6.04 Å².